The number of hydrogen-bond acceptors (Lipinski definition) is 5. The van der Waals surface area contributed by atoms with Crippen LogP contribution in [-0.4, -0.2) is 25.1 Å². The fourth-order valence-corrected chi connectivity index (χ4v) is 3.34. The molecule has 1 aromatic heterocycles. The monoisotopic (exact) mass is 442 g/mol. The second-order valence-electron chi connectivity index (χ2n) is 6.35. The minimum Gasteiger partial charge on any atom is -0.493 e. The van der Waals surface area contributed by atoms with Gasteiger partial charge in [-0.25, -0.2) is 4.98 Å². The number of amides is 1. The van der Waals surface area contributed by atoms with Gasteiger partial charge in [-0.05, 0) is 54.6 Å². The lowest BCUT2D eigenvalue weighted by Gasteiger charge is -2.07. The highest BCUT2D eigenvalue weighted by atomic mass is 35.5. The highest BCUT2D eigenvalue weighted by Gasteiger charge is 2.15. The molecule has 0 aliphatic rings. The van der Waals surface area contributed by atoms with Crippen LogP contribution in [0, 0.1) is 0 Å². The second-order valence-corrected chi connectivity index (χ2v) is 7.19. The van der Waals surface area contributed by atoms with Crippen LogP contribution in [0.15, 0.2) is 59.0 Å². The van der Waals surface area contributed by atoms with Crippen LogP contribution >= 0.6 is 23.2 Å². The molecule has 0 saturated carbocycles. The lowest BCUT2D eigenvalue weighted by molar-refractivity contribution is 0.102. The van der Waals surface area contributed by atoms with Crippen LogP contribution in [0.5, 0.6) is 11.5 Å². The normalized spacial score (nSPS) is 10.8. The van der Waals surface area contributed by atoms with Gasteiger partial charge in [0.2, 0.25) is 5.89 Å². The van der Waals surface area contributed by atoms with E-state index in [0.29, 0.717) is 44.2 Å². The van der Waals surface area contributed by atoms with E-state index in [0.717, 1.165) is 5.56 Å². The van der Waals surface area contributed by atoms with Crippen molar-refractivity contribution in [1.82, 2.24) is 4.98 Å². The molecule has 0 aliphatic carbocycles. The number of hydrogen-bond donors (Lipinski definition) is 1. The van der Waals surface area contributed by atoms with Crippen LogP contribution in [-0.2, 0) is 0 Å². The molecule has 0 saturated heterocycles. The summed E-state index contributed by atoms with van der Waals surface area (Å²) in [5, 5.41) is 3.54. The Balaban J connectivity index is 1.63. The summed E-state index contributed by atoms with van der Waals surface area (Å²) in [7, 11) is 3.14. The summed E-state index contributed by atoms with van der Waals surface area (Å²) >= 11 is 12.1. The van der Waals surface area contributed by atoms with Crippen LogP contribution in [0.1, 0.15) is 10.4 Å². The van der Waals surface area contributed by atoms with Crippen molar-refractivity contribution in [3.63, 3.8) is 0 Å². The average Bonchev–Trinajstić information content (AvgIpc) is 3.18. The Morgan fingerprint density at radius 2 is 1.77 bits per heavy atom. The van der Waals surface area contributed by atoms with Crippen molar-refractivity contribution in [2.24, 2.45) is 0 Å². The third-order valence-corrected chi connectivity index (χ3v) is 5.01. The van der Waals surface area contributed by atoms with Gasteiger partial charge in [-0.2, -0.15) is 0 Å². The standard InChI is InChI=1S/C22H16Cl2N2O4/c1-28-19-7-3-12(9-20(19)29-2)22-26-17-11-14(5-8-18(17)30-22)25-21(27)15-10-13(23)4-6-16(15)24/h3-11H,1-2H3,(H,25,27). The van der Waals surface area contributed by atoms with E-state index in [4.69, 9.17) is 37.1 Å². The molecule has 0 spiro atoms. The molecule has 0 fully saturated rings. The van der Waals surface area contributed by atoms with Crippen molar-refractivity contribution in [1.29, 1.82) is 0 Å². The summed E-state index contributed by atoms with van der Waals surface area (Å²) in [5.74, 6) is 1.24. The molecule has 1 amide bonds. The average molecular weight is 443 g/mol. The van der Waals surface area contributed by atoms with E-state index in [1.807, 2.05) is 6.07 Å². The molecular weight excluding hydrogens is 427 g/mol. The molecule has 6 nitrogen and oxygen atoms in total. The third kappa shape index (κ3) is 3.92. The van der Waals surface area contributed by atoms with E-state index in [9.17, 15) is 4.79 Å². The van der Waals surface area contributed by atoms with Gasteiger partial charge in [-0.15, -0.1) is 0 Å². The summed E-state index contributed by atoms with van der Waals surface area (Å²) in [6.45, 7) is 0. The number of carbonyl (C=O) groups excluding carboxylic acids is 1. The van der Waals surface area contributed by atoms with Crippen molar-refractivity contribution in [2.75, 3.05) is 19.5 Å². The Morgan fingerprint density at radius 3 is 2.53 bits per heavy atom. The van der Waals surface area contributed by atoms with Gasteiger partial charge >= 0.3 is 0 Å². The van der Waals surface area contributed by atoms with E-state index >= 15 is 0 Å². The number of ether oxygens (including phenoxy) is 2. The molecule has 1 heterocycles. The maximum absolute atomic E-state index is 12.6. The first-order chi connectivity index (χ1) is 14.5. The van der Waals surface area contributed by atoms with Crippen molar-refractivity contribution < 1.29 is 18.7 Å². The minimum atomic E-state index is -0.370. The van der Waals surface area contributed by atoms with Crippen LogP contribution in [0.2, 0.25) is 10.0 Å². The first-order valence-electron chi connectivity index (χ1n) is 8.88. The van der Waals surface area contributed by atoms with Crippen molar-refractivity contribution in [2.45, 2.75) is 0 Å². The molecule has 3 aromatic carbocycles. The molecule has 0 bridgehead atoms. The molecule has 8 heteroatoms. The summed E-state index contributed by atoms with van der Waals surface area (Å²) in [5.41, 5.74) is 2.75. The number of nitrogens with one attached hydrogen (secondary N) is 1. The number of nitrogens with zero attached hydrogens (tertiary/aromatic N) is 1. The Labute approximate surface area is 182 Å². The van der Waals surface area contributed by atoms with Crippen LogP contribution in [0.25, 0.3) is 22.6 Å². The smallest absolute Gasteiger partial charge is 0.257 e. The van der Waals surface area contributed by atoms with Crippen molar-refractivity contribution in [3.05, 3.63) is 70.2 Å². The predicted molar refractivity (Wildman–Crippen MR) is 117 cm³/mol. The van der Waals surface area contributed by atoms with Gasteiger partial charge in [-0.3, -0.25) is 4.79 Å². The summed E-state index contributed by atoms with van der Waals surface area (Å²) in [6.07, 6.45) is 0. The number of methoxy groups -OCH3 is 2. The lowest BCUT2D eigenvalue weighted by Crippen LogP contribution is -2.12. The molecule has 4 rings (SSSR count). The van der Waals surface area contributed by atoms with Crippen LogP contribution < -0.4 is 14.8 Å². The van der Waals surface area contributed by atoms with E-state index in [1.165, 1.54) is 6.07 Å². The number of benzene rings is 3. The van der Waals surface area contributed by atoms with E-state index in [2.05, 4.69) is 10.3 Å². The molecule has 0 atom stereocenters. The maximum atomic E-state index is 12.6. The van der Waals surface area contributed by atoms with Gasteiger partial charge in [0, 0.05) is 16.3 Å². The molecule has 30 heavy (non-hydrogen) atoms. The van der Waals surface area contributed by atoms with Crippen molar-refractivity contribution >= 4 is 45.9 Å². The highest BCUT2D eigenvalue weighted by molar-refractivity contribution is 6.36. The molecule has 0 aliphatic heterocycles. The topological polar surface area (TPSA) is 73.6 Å². The van der Waals surface area contributed by atoms with Crippen LogP contribution in [0.3, 0.4) is 0 Å². The SMILES string of the molecule is COc1ccc(-c2nc3cc(NC(=O)c4cc(Cl)ccc4Cl)ccc3o2)cc1OC. The zero-order valence-corrected chi connectivity index (χ0v) is 17.5. The fourth-order valence-electron chi connectivity index (χ4n) is 2.97. The van der Waals surface area contributed by atoms with Crippen LogP contribution in [0.4, 0.5) is 5.69 Å². The number of carbonyl (C=O) groups is 1. The zero-order chi connectivity index (χ0) is 21.3. The summed E-state index contributed by atoms with van der Waals surface area (Å²) < 4.78 is 16.4. The number of halogens is 2. The Morgan fingerprint density at radius 1 is 0.967 bits per heavy atom. The molecule has 0 radical (unpaired) electrons. The number of aromatic nitrogens is 1. The van der Waals surface area contributed by atoms with E-state index < -0.39 is 0 Å². The number of oxazole rings is 1. The molecule has 1 N–H and O–H groups in total. The van der Waals surface area contributed by atoms with E-state index in [1.54, 1.807) is 56.7 Å². The van der Waals surface area contributed by atoms with Gasteiger partial charge in [0.1, 0.15) is 5.52 Å². The van der Waals surface area contributed by atoms with E-state index in [-0.39, 0.29) is 11.5 Å². The van der Waals surface area contributed by atoms with Gasteiger partial charge in [0.15, 0.2) is 17.1 Å². The zero-order valence-electron chi connectivity index (χ0n) is 16.0. The maximum Gasteiger partial charge on any atom is 0.257 e. The number of anilines is 1. The predicted octanol–water partition coefficient (Wildman–Crippen LogP) is 6.07. The number of fused-ring (bicyclic) bond motifs is 1. The van der Waals surface area contributed by atoms with Crippen molar-refractivity contribution in [3.8, 4) is 23.0 Å². The first kappa shape index (κ1) is 20.1. The fraction of sp³-hybridized carbons (Fsp3) is 0.0909. The van der Waals surface area contributed by atoms with Gasteiger partial charge < -0.3 is 19.2 Å². The van der Waals surface area contributed by atoms with Gasteiger partial charge in [0.05, 0.1) is 24.8 Å². The molecule has 152 valence electrons. The highest BCUT2D eigenvalue weighted by Crippen LogP contribution is 2.33. The lowest BCUT2D eigenvalue weighted by atomic mass is 10.2. The minimum absolute atomic E-state index is 0.287. The Bertz CT molecular complexity index is 1250. The Kier molecular flexibility index (Phi) is 5.53. The third-order valence-electron chi connectivity index (χ3n) is 4.45. The Hall–Kier alpha value is -3.22. The largest absolute Gasteiger partial charge is 0.493 e. The molecule has 4 aromatic rings. The first-order valence-corrected chi connectivity index (χ1v) is 9.63. The quantitative estimate of drug-likeness (QED) is 0.405. The van der Waals surface area contributed by atoms with Gasteiger partial charge in [0.25, 0.3) is 5.91 Å². The van der Waals surface area contributed by atoms with Gasteiger partial charge in [-0.1, -0.05) is 23.2 Å². The second kappa shape index (κ2) is 8.26. The number of rotatable bonds is 5. The summed E-state index contributed by atoms with van der Waals surface area (Å²) in [6, 6.07) is 15.3. The molecule has 0 unspecified atom stereocenters. The molecular formula is C22H16Cl2N2O4. The summed E-state index contributed by atoms with van der Waals surface area (Å²) in [4.78, 5) is 17.1.